The second-order valence-corrected chi connectivity index (χ2v) is 32.6. The number of pyridine rings is 6. The third-order valence-corrected chi connectivity index (χ3v) is 18.7. The summed E-state index contributed by atoms with van der Waals surface area (Å²) in [4.78, 5) is 58.0. The topological polar surface area (TPSA) is 202 Å². The molecule has 16 aromatic rings. The van der Waals surface area contributed by atoms with Crippen molar-refractivity contribution in [2.75, 3.05) is 0 Å². The van der Waals surface area contributed by atoms with Crippen molar-refractivity contribution in [2.24, 2.45) is 16.7 Å². The molecule has 0 atom stereocenters. The van der Waals surface area contributed by atoms with Crippen molar-refractivity contribution in [3.8, 4) is 78.7 Å². The normalized spacial score (nSPS) is 10.6. The average Bonchev–Trinajstić information content (AvgIpc) is 1.62. The van der Waals surface area contributed by atoms with E-state index in [9.17, 15) is 19.5 Å². The van der Waals surface area contributed by atoms with Crippen LogP contribution in [0.25, 0.3) is 112 Å². The molecule has 0 aliphatic carbocycles. The number of hydrogen-bond acceptors (Lipinski definition) is 13. The fourth-order valence-electron chi connectivity index (χ4n) is 12.7. The molecule has 0 saturated carbocycles. The van der Waals surface area contributed by atoms with Gasteiger partial charge in [0.25, 0.3) is 0 Å². The second kappa shape index (κ2) is 57.9. The Balaban J connectivity index is 0.000000386. The van der Waals surface area contributed by atoms with Crippen molar-refractivity contribution in [1.29, 1.82) is 0 Å². The number of nitrogens with zero attached hydrogens (tertiary/aromatic N) is 6. The number of hydrogen-bond donors (Lipinski definition) is 3. The van der Waals surface area contributed by atoms with Crippen LogP contribution >= 0.6 is 0 Å². The van der Waals surface area contributed by atoms with Crippen molar-refractivity contribution >= 4 is 50.2 Å². The first-order chi connectivity index (χ1) is 60.2. The Morgan fingerprint density at radius 2 is 0.847 bits per heavy atom. The average molecular weight is 2630 g/mol. The van der Waals surface area contributed by atoms with Crippen molar-refractivity contribution in [1.82, 2.24) is 29.9 Å². The molecular formula is C113H112Ir5N6O7-6. The maximum absolute atomic E-state index is 11.5. The number of aromatic nitrogens is 6. The molecule has 0 aliphatic heterocycles. The van der Waals surface area contributed by atoms with E-state index < -0.39 is 5.41 Å². The number of ketones is 3. The van der Waals surface area contributed by atoms with E-state index in [2.05, 4.69) is 208 Å². The fraction of sp³-hybridized carbons (Fsp3) is 0.195. The van der Waals surface area contributed by atoms with E-state index in [-0.39, 0.29) is 141 Å². The van der Waals surface area contributed by atoms with Gasteiger partial charge < -0.3 is 44.7 Å². The van der Waals surface area contributed by atoms with E-state index in [0.717, 1.165) is 107 Å². The Labute approximate surface area is 842 Å². The smallest absolute Gasteiger partial charge is 0.164 e. The molecule has 5 radical (unpaired) electrons. The van der Waals surface area contributed by atoms with Gasteiger partial charge in [-0.15, -0.1) is 196 Å². The van der Waals surface area contributed by atoms with Crippen molar-refractivity contribution < 1.29 is 135 Å². The summed E-state index contributed by atoms with van der Waals surface area (Å²) < 4.78 is 5.97. The zero-order chi connectivity index (χ0) is 91.3. The van der Waals surface area contributed by atoms with Gasteiger partial charge in [0.05, 0.1) is 22.6 Å². The molecule has 687 valence electrons. The van der Waals surface area contributed by atoms with Crippen LogP contribution in [0.15, 0.2) is 338 Å². The van der Waals surface area contributed by atoms with Gasteiger partial charge in [-0.25, -0.2) is 0 Å². The molecule has 9 aromatic carbocycles. The van der Waals surface area contributed by atoms with Gasteiger partial charge in [-0.3, -0.25) is 19.4 Å². The minimum Gasteiger partial charge on any atom is -0.512 e. The van der Waals surface area contributed by atoms with Crippen LogP contribution in [0.3, 0.4) is 0 Å². The van der Waals surface area contributed by atoms with Crippen LogP contribution in [-0.4, -0.2) is 62.6 Å². The van der Waals surface area contributed by atoms with Crippen LogP contribution in [-0.2, 0) is 121 Å². The van der Waals surface area contributed by atoms with E-state index in [1.54, 1.807) is 24.8 Å². The number of aliphatic hydroxyl groups excluding tert-OH is 3. The number of allylic oxidation sites excluding steroid dienone is 6. The molecule has 0 spiro atoms. The minimum atomic E-state index is -0.417. The van der Waals surface area contributed by atoms with E-state index in [4.69, 9.17) is 19.6 Å². The van der Waals surface area contributed by atoms with Crippen LogP contribution in [0.2, 0.25) is 0 Å². The Morgan fingerprint density at radius 3 is 1.30 bits per heavy atom. The van der Waals surface area contributed by atoms with Gasteiger partial charge in [-0.2, -0.15) is 0 Å². The van der Waals surface area contributed by atoms with E-state index in [0.29, 0.717) is 5.92 Å². The molecule has 16 rings (SSSR count). The first-order valence-corrected chi connectivity index (χ1v) is 41.7. The van der Waals surface area contributed by atoms with Crippen molar-refractivity contribution in [3.63, 3.8) is 0 Å². The SMILES string of the molecule is CC(=O)C=C(C)O.CC(=O)C=C(C)O.CC(C)(C)C(=O)C=C(O)C(C)(C)C.Cc1[c-]c(-c2ccc3c(CC(C)C)cccc3n2)cc(C)c1.Cc1cc(C)cc(-c2ccnc(-c3[c-]cccc3)c2)c1.Cc1ccc[c-]c1-c1ccccn1.Cc1ccc[c-]c1-c1ccccn1.[Ir].[Ir].[Ir].[Ir].[Ir].[c-]1ccc2c(oc3ccccc32)c1-c1ccccn1.[c-]1ccccc1-c1ccccn1. The summed E-state index contributed by atoms with van der Waals surface area (Å²) in [6, 6.07) is 108. The number of aliphatic hydroxyl groups is 3. The molecule has 0 unspecified atom stereocenters. The first kappa shape index (κ1) is 114. The Kier molecular flexibility index (Phi) is 50.4. The minimum absolute atomic E-state index is 0. The number of furan rings is 1. The molecule has 3 N–H and O–H groups in total. The molecule has 131 heavy (non-hydrogen) atoms. The van der Waals surface area contributed by atoms with E-state index in [1.807, 2.05) is 224 Å². The second-order valence-electron chi connectivity index (χ2n) is 32.6. The van der Waals surface area contributed by atoms with Gasteiger partial charge in [-0.05, 0) is 147 Å². The molecule has 0 bridgehead atoms. The molecule has 18 heteroatoms. The van der Waals surface area contributed by atoms with Gasteiger partial charge in [0, 0.05) is 171 Å². The molecular weight excluding hydrogens is 2510 g/mol. The van der Waals surface area contributed by atoms with Gasteiger partial charge in [0.15, 0.2) is 17.3 Å². The van der Waals surface area contributed by atoms with Crippen LogP contribution < -0.4 is 0 Å². The molecule has 7 aromatic heterocycles. The Hall–Kier alpha value is -11.2. The number of aryl methyl sites for hydroxylation is 6. The van der Waals surface area contributed by atoms with Crippen LogP contribution in [0.4, 0.5) is 0 Å². The Bertz CT molecular complexity index is 6090. The summed E-state index contributed by atoms with van der Waals surface area (Å²) in [5.74, 6) is 0.630. The predicted molar refractivity (Wildman–Crippen MR) is 517 cm³/mol. The molecule has 7 heterocycles. The number of para-hydroxylation sites is 1. The zero-order valence-electron chi connectivity index (χ0n) is 77.1. The zero-order valence-corrected chi connectivity index (χ0v) is 89.1. The summed E-state index contributed by atoms with van der Waals surface area (Å²) in [6.07, 6.45) is 13.8. The Morgan fingerprint density at radius 1 is 0.382 bits per heavy atom. The summed E-state index contributed by atoms with van der Waals surface area (Å²) in [6.45, 7) is 33.9. The maximum atomic E-state index is 11.5. The third-order valence-electron chi connectivity index (χ3n) is 18.7. The molecule has 0 aliphatic rings. The van der Waals surface area contributed by atoms with Crippen LogP contribution in [0.1, 0.15) is 122 Å². The number of benzene rings is 9. The maximum Gasteiger partial charge on any atom is 0.164 e. The van der Waals surface area contributed by atoms with Crippen molar-refractivity contribution in [2.45, 2.75) is 131 Å². The van der Waals surface area contributed by atoms with Crippen molar-refractivity contribution in [3.05, 3.63) is 409 Å². The summed E-state index contributed by atoms with van der Waals surface area (Å²) in [5.41, 5.74) is 25.3. The summed E-state index contributed by atoms with van der Waals surface area (Å²) in [7, 11) is 0. The monoisotopic (exact) mass is 2630 g/mol. The molecule has 0 fully saturated rings. The van der Waals surface area contributed by atoms with Gasteiger partial charge in [-0.1, -0.05) is 220 Å². The third kappa shape index (κ3) is 38.7. The number of carbonyl (C=O) groups excluding carboxylic acids is 3. The molecule has 0 amide bonds. The number of fused-ring (bicyclic) bond motifs is 4. The molecule has 13 nitrogen and oxygen atoms in total. The van der Waals surface area contributed by atoms with Gasteiger partial charge in [0.1, 0.15) is 11.3 Å². The van der Waals surface area contributed by atoms with Crippen LogP contribution in [0, 0.1) is 94.7 Å². The van der Waals surface area contributed by atoms with E-state index >= 15 is 0 Å². The van der Waals surface area contributed by atoms with Crippen LogP contribution in [0.5, 0.6) is 0 Å². The first-order valence-electron chi connectivity index (χ1n) is 41.7. The quantitative estimate of drug-likeness (QED) is 0.0593. The molecule has 0 saturated heterocycles. The number of rotatable bonds is 12. The summed E-state index contributed by atoms with van der Waals surface area (Å²) in [5, 5.41) is 29.8. The van der Waals surface area contributed by atoms with Gasteiger partial charge in [0.2, 0.25) is 0 Å². The fourth-order valence-corrected chi connectivity index (χ4v) is 12.7. The summed E-state index contributed by atoms with van der Waals surface area (Å²) >= 11 is 0. The number of carbonyl (C=O) groups is 3. The predicted octanol–water partition coefficient (Wildman–Crippen LogP) is 28.2. The standard InChI is InChI=1S/C21H22N.C19H16N.C17H10NO.2C12H10N.C11H8N.C11H20O2.2C5H8O2.5Ir/c1-14(2)10-17-6-5-7-21-19(17)8-9-20(22-21)18-12-15(3)11-16(4)13-18;1-14-10-15(2)12-18(11-14)17-8-9-20-19(13-17)16-6-4-3-5-7-16;1-2-10-16-12(6-1)13-7-5-8-14(17(13)19-16)15-9-3-4-11-18-15;2*1-10-6-2-3-7-11(10)12-8-4-5-9-13-12;1-2-6-10(7-3-1)11-8-4-5-9-12-11;1-10(2,3)8(12)7-9(13)11(4,5)6;2*1-4(6)3-5(2)7;;;;;/h5-9,11-12,14H,10H2,1-4H3;3-6,8-13H,1-2H3;1-7,9-11H;2*2-6,8-9H,1H3;1-6,8-9H;7,12H,1-6H3;2*3,6H,1-2H3;;;;;/q6*-1;;;;;;;;. The van der Waals surface area contributed by atoms with E-state index in [1.165, 1.54) is 95.8 Å². The van der Waals surface area contributed by atoms with Gasteiger partial charge >= 0.3 is 0 Å². The largest absolute Gasteiger partial charge is 0.512 e.